The molecule has 0 bridgehead atoms. The molecule has 0 saturated carbocycles. The lowest BCUT2D eigenvalue weighted by Crippen LogP contribution is -2.32. The monoisotopic (exact) mass is 412 g/mol. The Morgan fingerprint density at radius 1 is 1.22 bits per heavy atom. The molecule has 0 fully saturated rings. The van der Waals surface area contributed by atoms with Gasteiger partial charge in [-0.2, -0.15) is 5.26 Å². The highest BCUT2D eigenvalue weighted by Crippen LogP contribution is 2.30. The van der Waals surface area contributed by atoms with Gasteiger partial charge in [-0.3, -0.25) is 4.31 Å². The number of nitrogens with zero attached hydrogens (tertiary/aromatic N) is 2. The SMILES string of the molecule is Cc1ccc(N(CCC#N)S(=O)(=O)c2ccc(Br)cc2Cl)cc1. The highest BCUT2D eigenvalue weighted by molar-refractivity contribution is 9.10. The Balaban J connectivity index is 2.53. The van der Waals surface area contributed by atoms with E-state index in [1.54, 1.807) is 18.2 Å². The van der Waals surface area contributed by atoms with Crippen molar-refractivity contribution in [3.63, 3.8) is 0 Å². The largest absolute Gasteiger partial charge is 0.265 e. The van der Waals surface area contributed by atoms with Gasteiger partial charge in [-0.1, -0.05) is 45.2 Å². The van der Waals surface area contributed by atoms with E-state index in [4.69, 9.17) is 16.9 Å². The van der Waals surface area contributed by atoms with Crippen molar-refractivity contribution < 1.29 is 8.42 Å². The normalized spacial score (nSPS) is 11.0. The van der Waals surface area contributed by atoms with Crippen LogP contribution >= 0.6 is 27.5 Å². The lowest BCUT2D eigenvalue weighted by molar-refractivity contribution is 0.591. The van der Waals surface area contributed by atoms with E-state index in [1.807, 2.05) is 25.1 Å². The number of hydrogen-bond donors (Lipinski definition) is 0. The van der Waals surface area contributed by atoms with E-state index in [9.17, 15) is 8.42 Å². The van der Waals surface area contributed by atoms with E-state index in [-0.39, 0.29) is 22.9 Å². The highest BCUT2D eigenvalue weighted by Gasteiger charge is 2.27. The number of sulfonamides is 1. The first-order valence-electron chi connectivity index (χ1n) is 6.77. The molecule has 0 aliphatic rings. The minimum absolute atomic E-state index is 0.0147. The fourth-order valence-electron chi connectivity index (χ4n) is 2.05. The van der Waals surface area contributed by atoms with E-state index in [0.717, 1.165) is 5.56 Å². The van der Waals surface area contributed by atoms with Crippen LogP contribution in [0.15, 0.2) is 51.8 Å². The van der Waals surface area contributed by atoms with Gasteiger partial charge in [0.15, 0.2) is 0 Å². The van der Waals surface area contributed by atoms with E-state index in [1.165, 1.54) is 16.4 Å². The first-order chi connectivity index (χ1) is 10.9. The van der Waals surface area contributed by atoms with Crippen LogP contribution in [0.5, 0.6) is 0 Å². The summed E-state index contributed by atoms with van der Waals surface area (Å²) < 4.78 is 27.9. The van der Waals surface area contributed by atoms with Crippen molar-refractivity contribution in [3.05, 3.63) is 57.5 Å². The third kappa shape index (κ3) is 4.05. The summed E-state index contributed by atoms with van der Waals surface area (Å²) in [6.07, 6.45) is 0.0846. The maximum Gasteiger partial charge on any atom is 0.265 e. The Morgan fingerprint density at radius 3 is 2.43 bits per heavy atom. The molecule has 2 aromatic carbocycles. The van der Waals surface area contributed by atoms with Crippen molar-refractivity contribution in [2.24, 2.45) is 0 Å². The van der Waals surface area contributed by atoms with Crippen LogP contribution in [0.1, 0.15) is 12.0 Å². The van der Waals surface area contributed by atoms with Crippen LogP contribution < -0.4 is 4.31 Å². The third-order valence-corrected chi connectivity index (χ3v) is 6.01. The molecule has 4 nitrogen and oxygen atoms in total. The summed E-state index contributed by atoms with van der Waals surface area (Å²) in [5.74, 6) is 0. The second-order valence-electron chi connectivity index (χ2n) is 4.90. The van der Waals surface area contributed by atoms with Gasteiger partial charge in [0.25, 0.3) is 10.0 Å². The number of aryl methyl sites for hydroxylation is 1. The van der Waals surface area contributed by atoms with Gasteiger partial charge in [-0.05, 0) is 37.3 Å². The van der Waals surface area contributed by atoms with Gasteiger partial charge in [0.05, 0.1) is 23.2 Å². The fraction of sp³-hybridized carbons (Fsp3) is 0.188. The molecule has 0 unspecified atom stereocenters. The number of rotatable bonds is 5. The van der Waals surface area contributed by atoms with Crippen molar-refractivity contribution in [1.29, 1.82) is 5.26 Å². The van der Waals surface area contributed by atoms with Crippen molar-refractivity contribution in [2.75, 3.05) is 10.8 Å². The molecule has 0 aliphatic carbocycles. The van der Waals surface area contributed by atoms with Crippen molar-refractivity contribution >= 4 is 43.2 Å². The molecule has 0 atom stereocenters. The molecule has 23 heavy (non-hydrogen) atoms. The number of nitriles is 1. The Kier molecular flexibility index (Phi) is 5.69. The minimum Gasteiger partial charge on any atom is -0.265 e. The maximum absolute atomic E-state index is 13.0. The molecule has 0 spiro atoms. The predicted molar refractivity (Wildman–Crippen MR) is 95.1 cm³/mol. The summed E-state index contributed by atoms with van der Waals surface area (Å²) in [4.78, 5) is 0.0147. The summed E-state index contributed by atoms with van der Waals surface area (Å²) in [6.45, 7) is 1.98. The van der Waals surface area contributed by atoms with Gasteiger partial charge in [-0.25, -0.2) is 8.42 Å². The minimum atomic E-state index is -3.86. The molecule has 0 N–H and O–H groups in total. The van der Waals surface area contributed by atoms with Crippen molar-refractivity contribution in [1.82, 2.24) is 0 Å². The van der Waals surface area contributed by atoms with Crippen LogP contribution in [0.4, 0.5) is 5.69 Å². The standard InChI is InChI=1S/C16H14BrClN2O2S/c1-12-3-6-14(7-4-12)20(10-2-9-19)23(21,22)16-8-5-13(17)11-15(16)18/h3-8,11H,2,10H2,1H3. The topological polar surface area (TPSA) is 61.2 Å². The molecule has 7 heteroatoms. The zero-order valence-electron chi connectivity index (χ0n) is 12.3. The second-order valence-corrected chi connectivity index (χ2v) is 8.05. The van der Waals surface area contributed by atoms with Crippen molar-refractivity contribution in [2.45, 2.75) is 18.2 Å². The molecule has 0 heterocycles. The Hall–Kier alpha value is -1.55. The first-order valence-corrected chi connectivity index (χ1v) is 9.39. The number of anilines is 1. The molecule has 2 rings (SSSR count). The molecule has 2 aromatic rings. The Morgan fingerprint density at radius 2 is 1.87 bits per heavy atom. The van der Waals surface area contributed by atoms with E-state index >= 15 is 0 Å². The van der Waals surface area contributed by atoms with Gasteiger partial charge in [0, 0.05) is 11.0 Å². The van der Waals surface area contributed by atoms with Crippen LogP contribution in [0.3, 0.4) is 0 Å². The van der Waals surface area contributed by atoms with Gasteiger partial charge in [-0.15, -0.1) is 0 Å². The van der Waals surface area contributed by atoms with E-state index in [2.05, 4.69) is 15.9 Å². The molecular weight excluding hydrogens is 400 g/mol. The molecule has 0 aromatic heterocycles. The third-order valence-electron chi connectivity index (χ3n) is 3.21. The molecule has 0 aliphatic heterocycles. The fourth-order valence-corrected chi connectivity index (χ4v) is 4.53. The van der Waals surface area contributed by atoms with Crippen LogP contribution in [-0.4, -0.2) is 15.0 Å². The second kappa shape index (κ2) is 7.35. The van der Waals surface area contributed by atoms with Crippen molar-refractivity contribution in [3.8, 4) is 6.07 Å². The van der Waals surface area contributed by atoms with Gasteiger partial charge in [0.2, 0.25) is 0 Å². The summed E-state index contributed by atoms with van der Waals surface area (Å²) in [5.41, 5.74) is 1.53. The molecule has 120 valence electrons. The predicted octanol–water partition coefficient (Wildman–Crippen LogP) is 4.52. The average molecular weight is 414 g/mol. The number of benzene rings is 2. The quantitative estimate of drug-likeness (QED) is 0.724. The first kappa shape index (κ1) is 17.8. The van der Waals surface area contributed by atoms with Crippen LogP contribution in [0, 0.1) is 18.3 Å². The zero-order valence-corrected chi connectivity index (χ0v) is 15.5. The zero-order chi connectivity index (χ0) is 17.0. The average Bonchev–Trinajstić information content (AvgIpc) is 2.48. The Labute approximate surface area is 149 Å². The van der Waals surface area contributed by atoms with Gasteiger partial charge >= 0.3 is 0 Å². The number of hydrogen-bond acceptors (Lipinski definition) is 3. The molecular formula is C16H14BrClN2O2S. The van der Waals surface area contributed by atoms with Crippen LogP contribution in [0.25, 0.3) is 0 Å². The summed E-state index contributed by atoms with van der Waals surface area (Å²) in [5, 5.41) is 8.96. The van der Waals surface area contributed by atoms with Crippen LogP contribution in [0.2, 0.25) is 5.02 Å². The molecule has 0 amide bonds. The smallest absolute Gasteiger partial charge is 0.265 e. The molecule has 0 saturated heterocycles. The highest BCUT2D eigenvalue weighted by atomic mass is 79.9. The summed E-state index contributed by atoms with van der Waals surface area (Å²) >= 11 is 9.36. The lowest BCUT2D eigenvalue weighted by Gasteiger charge is -2.24. The van der Waals surface area contributed by atoms with Gasteiger partial charge < -0.3 is 0 Å². The van der Waals surface area contributed by atoms with E-state index < -0.39 is 10.0 Å². The number of halogens is 2. The lowest BCUT2D eigenvalue weighted by atomic mass is 10.2. The van der Waals surface area contributed by atoms with Crippen LogP contribution in [-0.2, 0) is 10.0 Å². The van der Waals surface area contributed by atoms with Gasteiger partial charge in [0.1, 0.15) is 4.90 Å². The molecule has 0 radical (unpaired) electrons. The Bertz CT molecular complexity index is 845. The summed E-state index contributed by atoms with van der Waals surface area (Å²) in [6, 6.07) is 13.7. The summed E-state index contributed by atoms with van der Waals surface area (Å²) in [7, 11) is -3.86. The van der Waals surface area contributed by atoms with E-state index in [0.29, 0.717) is 10.2 Å². The maximum atomic E-state index is 13.0.